The number of H-pyrrole nitrogens is 1. The number of rotatable bonds is 5. The number of fused-ring (bicyclic) bond motifs is 1. The highest BCUT2D eigenvalue weighted by molar-refractivity contribution is 6.30. The number of carbonyl (C=O) groups excluding carboxylic acids is 1. The van der Waals surface area contributed by atoms with Gasteiger partial charge in [0.2, 0.25) is 5.91 Å². The van der Waals surface area contributed by atoms with E-state index >= 15 is 0 Å². The fourth-order valence-corrected chi connectivity index (χ4v) is 2.91. The highest BCUT2D eigenvalue weighted by Gasteiger charge is 2.13. The number of aromatic amines is 1. The fraction of sp³-hybridized carbons (Fsp3) is 0.105. The van der Waals surface area contributed by atoms with Crippen molar-refractivity contribution in [2.24, 2.45) is 0 Å². The normalized spacial score (nSPS) is 11.0. The van der Waals surface area contributed by atoms with Crippen LogP contribution in [0, 0.1) is 0 Å². The molecule has 0 saturated heterocycles. The van der Waals surface area contributed by atoms with Gasteiger partial charge in [-0.2, -0.15) is 5.10 Å². The number of nitrogens with one attached hydrogen (secondary N) is 2. The molecular formula is C19H15ClN4O2. The van der Waals surface area contributed by atoms with Crippen molar-refractivity contribution in [1.29, 1.82) is 0 Å². The second kappa shape index (κ2) is 7.01. The van der Waals surface area contributed by atoms with E-state index in [2.05, 4.69) is 20.7 Å². The van der Waals surface area contributed by atoms with E-state index in [9.17, 15) is 4.79 Å². The molecule has 0 saturated carbocycles. The first kappa shape index (κ1) is 16.4. The standard InChI is InChI=1S/C19H15ClN4O2/c20-14-7-5-12(6-8-14)19-13(11-22-23-19)10-21-18(25)9-16-15-3-1-2-4-17(15)26-24-16/h1-8,11H,9-10H2,(H,21,25)(H,22,23). The second-order valence-electron chi connectivity index (χ2n) is 5.86. The summed E-state index contributed by atoms with van der Waals surface area (Å²) in [6.07, 6.45) is 1.86. The second-order valence-corrected chi connectivity index (χ2v) is 6.29. The van der Waals surface area contributed by atoms with Crippen LogP contribution in [0.5, 0.6) is 0 Å². The number of hydrogen-bond acceptors (Lipinski definition) is 4. The van der Waals surface area contributed by atoms with Crippen LogP contribution in [0.25, 0.3) is 22.2 Å². The first-order valence-corrected chi connectivity index (χ1v) is 8.46. The molecule has 2 heterocycles. The first-order chi connectivity index (χ1) is 12.7. The van der Waals surface area contributed by atoms with Gasteiger partial charge in [-0.05, 0) is 29.8 Å². The van der Waals surface area contributed by atoms with Crippen molar-refractivity contribution in [2.45, 2.75) is 13.0 Å². The van der Waals surface area contributed by atoms with Gasteiger partial charge in [-0.25, -0.2) is 0 Å². The first-order valence-electron chi connectivity index (χ1n) is 8.09. The molecular weight excluding hydrogens is 352 g/mol. The minimum atomic E-state index is -0.132. The van der Waals surface area contributed by atoms with Crippen LogP contribution in [0.15, 0.2) is 59.3 Å². The summed E-state index contributed by atoms with van der Waals surface area (Å²) in [5, 5.41) is 15.5. The third kappa shape index (κ3) is 3.32. The van der Waals surface area contributed by atoms with Crippen LogP contribution in [0.1, 0.15) is 11.3 Å². The van der Waals surface area contributed by atoms with Gasteiger partial charge >= 0.3 is 0 Å². The van der Waals surface area contributed by atoms with Crippen molar-refractivity contribution in [3.8, 4) is 11.3 Å². The Morgan fingerprint density at radius 1 is 1.15 bits per heavy atom. The average molecular weight is 367 g/mol. The Morgan fingerprint density at radius 2 is 1.96 bits per heavy atom. The van der Waals surface area contributed by atoms with E-state index in [4.69, 9.17) is 16.1 Å². The van der Waals surface area contributed by atoms with E-state index < -0.39 is 0 Å². The molecule has 4 rings (SSSR count). The maximum absolute atomic E-state index is 12.3. The predicted octanol–water partition coefficient (Wildman–Crippen LogP) is 3.73. The summed E-state index contributed by atoms with van der Waals surface area (Å²) < 4.78 is 5.23. The number of benzene rings is 2. The van der Waals surface area contributed by atoms with Crippen LogP contribution in [-0.2, 0) is 17.8 Å². The molecule has 2 N–H and O–H groups in total. The Balaban J connectivity index is 1.44. The van der Waals surface area contributed by atoms with Gasteiger partial charge in [0.25, 0.3) is 0 Å². The zero-order chi connectivity index (χ0) is 17.9. The zero-order valence-corrected chi connectivity index (χ0v) is 14.5. The zero-order valence-electron chi connectivity index (χ0n) is 13.7. The maximum Gasteiger partial charge on any atom is 0.226 e. The van der Waals surface area contributed by atoms with Gasteiger partial charge in [0.05, 0.1) is 18.3 Å². The van der Waals surface area contributed by atoms with Gasteiger partial charge in [0.15, 0.2) is 5.58 Å². The summed E-state index contributed by atoms with van der Waals surface area (Å²) >= 11 is 5.93. The van der Waals surface area contributed by atoms with Crippen molar-refractivity contribution in [2.75, 3.05) is 0 Å². The van der Waals surface area contributed by atoms with E-state index in [0.29, 0.717) is 22.8 Å². The van der Waals surface area contributed by atoms with Crippen LogP contribution in [0.4, 0.5) is 0 Å². The molecule has 0 unspecified atom stereocenters. The molecule has 0 bridgehead atoms. The molecule has 2 aromatic heterocycles. The molecule has 7 heteroatoms. The van der Waals surface area contributed by atoms with Crippen LogP contribution in [-0.4, -0.2) is 21.3 Å². The van der Waals surface area contributed by atoms with Crippen LogP contribution < -0.4 is 5.32 Å². The molecule has 0 aliphatic heterocycles. The Morgan fingerprint density at radius 3 is 2.81 bits per heavy atom. The van der Waals surface area contributed by atoms with Gasteiger partial charge in [-0.3, -0.25) is 9.89 Å². The van der Waals surface area contributed by atoms with Gasteiger partial charge < -0.3 is 9.84 Å². The molecule has 2 aromatic carbocycles. The van der Waals surface area contributed by atoms with Crippen LogP contribution in [0.2, 0.25) is 5.02 Å². The Labute approximate surface area is 154 Å². The average Bonchev–Trinajstić information content (AvgIpc) is 3.28. The van der Waals surface area contributed by atoms with Gasteiger partial charge in [-0.1, -0.05) is 41.0 Å². The monoisotopic (exact) mass is 366 g/mol. The van der Waals surface area contributed by atoms with E-state index in [1.165, 1.54) is 0 Å². The van der Waals surface area contributed by atoms with Crippen molar-refractivity contribution in [3.05, 3.63) is 71.0 Å². The molecule has 6 nitrogen and oxygen atoms in total. The maximum atomic E-state index is 12.3. The molecule has 26 heavy (non-hydrogen) atoms. The summed E-state index contributed by atoms with van der Waals surface area (Å²) in [6, 6.07) is 14.9. The van der Waals surface area contributed by atoms with Gasteiger partial charge in [0.1, 0.15) is 5.69 Å². The number of nitrogens with zero attached hydrogens (tertiary/aromatic N) is 2. The summed E-state index contributed by atoms with van der Waals surface area (Å²) in [4.78, 5) is 12.3. The molecule has 0 fully saturated rings. The number of amides is 1. The summed E-state index contributed by atoms with van der Waals surface area (Å²) in [5.74, 6) is -0.132. The van der Waals surface area contributed by atoms with Gasteiger partial charge in [-0.15, -0.1) is 0 Å². The highest BCUT2D eigenvalue weighted by Crippen LogP contribution is 2.23. The predicted molar refractivity (Wildman–Crippen MR) is 98.6 cm³/mol. The minimum Gasteiger partial charge on any atom is -0.356 e. The fourth-order valence-electron chi connectivity index (χ4n) is 2.79. The lowest BCUT2D eigenvalue weighted by Crippen LogP contribution is -2.24. The Bertz CT molecular complexity index is 1050. The number of hydrogen-bond donors (Lipinski definition) is 2. The lowest BCUT2D eigenvalue weighted by atomic mass is 10.1. The number of para-hydroxylation sites is 1. The van der Waals surface area contributed by atoms with Crippen molar-refractivity contribution < 1.29 is 9.32 Å². The number of halogens is 1. The molecule has 0 atom stereocenters. The van der Waals surface area contributed by atoms with E-state index in [1.807, 2.05) is 48.5 Å². The Kier molecular flexibility index (Phi) is 4.41. The van der Waals surface area contributed by atoms with Crippen molar-refractivity contribution in [3.63, 3.8) is 0 Å². The molecule has 1 amide bonds. The summed E-state index contributed by atoms with van der Waals surface area (Å²) in [6.45, 7) is 0.364. The summed E-state index contributed by atoms with van der Waals surface area (Å²) in [5.41, 5.74) is 4.01. The SMILES string of the molecule is O=C(Cc1noc2ccccc12)NCc1cn[nH]c1-c1ccc(Cl)cc1. The highest BCUT2D eigenvalue weighted by atomic mass is 35.5. The molecule has 4 aromatic rings. The van der Waals surface area contributed by atoms with Crippen LogP contribution >= 0.6 is 11.6 Å². The molecule has 0 radical (unpaired) electrons. The van der Waals surface area contributed by atoms with Crippen molar-refractivity contribution >= 4 is 28.5 Å². The lowest BCUT2D eigenvalue weighted by Gasteiger charge is -2.06. The minimum absolute atomic E-state index is 0.132. The topological polar surface area (TPSA) is 83.8 Å². The summed E-state index contributed by atoms with van der Waals surface area (Å²) in [7, 11) is 0. The Hall–Kier alpha value is -3.12. The largest absolute Gasteiger partial charge is 0.356 e. The third-order valence-corrected chi connectivity index (χ3v) is 4.36. The molecule has 130 valence electrons. The van der Waals surface area contributed by atoms with Gasteiger partial charge in [0, 0.05) is 22.5 Å². The van der Waals surface area contributed by atoms with E-state index in [1.54, 1.807) is 6.20 Å². The third-order valence-electron chi connectivity index (χ3n) is 4.11. The van der Waals surface area contributed by atoms with Crippen molar-refractivity contribution in [1.82, 2.24) is 20.7 Å². The quantitative estimate of drug-likeness (QED) is 0.563. The number of carbonyl (C=O) groups is 1. The molecule has 0 aliphatic rings. The number of aromatic nitrogens is 3. The van der Waals surface area contributed by atoms with E-state index in [-0.39, 0.29) is 12.3 Å². The lowest BCUT2D eigenvalue weighted by molar-refractivity contribution is -0.120. The molecule has 0 aliphatic carbocycles. The van der Waals surface area contributed by atoms with Crippen LogP contribution in [0.3, 0.4) is 0 Å². The molecule has 0 spiro atoms. The smallest absolute Gasteiger partial charge is 0.226 e. The van der Waals surface area contributed by atoms with E-state index in [0.717, 1.165) is 22.2 Å².